The number of para-hydroxylation sites is 2. The summed E-state index contributed by atoms with van der Waals surface area (Å²) in [5, 5.41) is 2.89. The molecule has 0 saturated heterocycles. The first-order valence-corrected chi connectivity index (χ1v) is 6.86. The van der Waals surface area contributed by atoms with Crippen molar-refractivity contribution in [3.63, 3.8) is 0 Å². The van der Waals surface area contributed by atoms with E-state index in [4.69, 9.17) is 0 Å². The Morgan fingerprint density at radius 3 is 1.45 bits per heavy atom. The van der Waals surface area contributed by atoms with Crippen molar-refractivity contribution in [3.8, 4) is 0 Å². The Morgan fingerprint density at radius 2 is 1.00 bits per heavy atom. The van der Waals surface area contributed by atoms with Crippen molar-refractivity contribution < 1.29 is 9.59 Å². The third-order valence-electron chi connectivity index (χ3n) is 3.67. The van der Waals surface area contributed by atoms with Crippen LogP contribution in [0.5, 0.6) is 0 Å². The molecular weight excluding hydrogens is 276 g/mol. The summed E-state index contributed by atoms with van der Waals surface area (Å²) in [5.41, 5.74) is 0.587. The molecule has 4 nitrogen and oxygen atoms in total. The second-order valence-corrected chi connectivity index (χ2v) is 5.07. The van der Waals surface area contributed by atoms with E-state index in [-0.39, 0.29) is 0 Å². The van der Waals surface area contributed by atoms with Crippen LogP contribution in [0.4, 0.5) is 0 Å². The number of nitrogens with zero attached hydrogens (tertiary/aromatic N) is 2. The van der Waals surface area contributed by atoms with Crippen LogP contribution in [-0.2, 0) is 9.59 Å². The smallest absolute Gasteiger partial charge is 0.267 e. The van der Waals surface area contributed by atoms with Crippen molar-refractivity contribution in [2.45, 2.75) is 0 Å². The monoisotopic (exact) mass is 286 g/mol. The van der Waals surface area contributed by atoms with E-state index in [1.54, 1.807) is 24.3 Å². The number of fused-ring (bicyclic) bond motifs is 2. The molecule has 0 fully saturated rings. The number of rotatable bonds is 0. The standard InChI is InChI=1S/C18H10N2O2/c21-17-13(9-11-5-1-3-7-15(11)19-17)14-10-12-6-2-4-8-16(12)20-18(14)22/h1-10H. The molecule has 0 bridgehead atoms. The van der Waals surface area contributed by atoms with Gasteiger partial charge in [0.15, 0.2) is 0 Å². The molecule has 2 aliphatic heterocycles. The summed E-state index contributed by atoms with van der Waals surface area (Å²) >= 11 is 0. The number of carbonyl (C=O) groups excluding carboxylic acids is 2. The average Bonchev–Trinajstić information content (AvgIpc) is 2.54. The molecule has 0 unspecified atom stereocenters. The zero-order valence-electron chi connectivity index (χ0n) is 11.5. The Balaban J connectivity index is 2.04. The third kappa shape index (κ3) is 1.93. The summed E-state index contributed by atoms with van der Waals surface area (Å²) in [7, 11) is 0. The molecule has 0 aliphatic carbocycles. The summed E-state index contributed by atoms with van der Waals surface area (Å²) in [6.45, 7) is 0. The van der Waals surface area contributed by atoms with Gasteiger partial charge in [-0.15, -0.1) is 0 Å². The van der Waals surface area contributed by atoms with Gasteiger partial charge in [0.2, 0.25) is 0 Å². The van der Waals surface area contributed by atoms with Crippen LogP contribution in [-0.4, -0.2) is 11.8 Å². The fraction of sp³-hybridized carbons (Fsp3) is 0. The highest BCUT2D eigenvalue weighted by Gasteiger charge is 2.20. The van der Waals surface area contributed by atoms with Crippen molar-refractivity contribution in [2.75, 3.05) is 0 Å². The van der Waals surface area contributed by atoms with Gasteiger partial charge >= 0.3 is 0 Å². The Kier molecular flexibility index (Phi) is 2.69. The van der Waals surface area contributed by atoms with Gasteiger partial charge in [0.05, 0.1) is 21.9 Å². The van der Waals surface area contributed by atoms with E-state index in [0.717, 1.165) is 10.4 Å². The lowest BCUT2D eigenvalue weighted by molar-refractivity contribution is -0.116. The molecule has 0 saturated carbocycles. The maximum absolute atomic E-state index is 12.2. The van der Waals surface area contributed by atoms with Crippen LogP contribution in [0, 0.1) is 0 Å². The fourth-order valence-electron chi connectivity index (χ4n) is 2.58. The maximum atomic E-state index is 12.2. The fourth-order valence-corrected chi connectivity index (χ4v) is 2.58. The van der Waals surface area contributed by atoms with Crippen LogP contribution in [0.2, 0.25) is 0 Å². The van der Waals surface area contributed by atoms with Gasteiger partial charge in [0, 0.05) is 10.4 Å². The van der Waals surface area contributed by atoms with Crippen molar-refractivity contribution in [1.29, 1.82) is 0 Å². The molecule has 2 aliphatic rings. The topological polar surface area (TPSA) is 58.9 Å². The Morgan fingerprint density at radius 1 is 0.591 bits per heavy atom. The summed E-state index contributed by atoms with van der Waals surface area (Å²) < 4.78 is 0. The number of carbonyl (C=O) groups is 2. The van der Waals surface area contributed by atoms with Crippen molar-refractivity contribution >= 4 is 24.0 Å². The molecule has 22 heavy (non-hydrogen) atoms. The predicted octanol–water partition coefficient (Wildman–Crippen LogP) is -0.436. The van der Waals surface area contributed by atoms with Crippen LogP contribution < -0.4 is 21.2 Å². The van der Waals surface area contributed by atoms with E-state index in [9.17, 15) is 9.59 Å². The first kappa shape index (κ1) is 12.6. The van der Waals surface area contributed by atoms with Crippen molar-refractivity contribution in [3.05, 3.63) is 80.8 Å². The van der Waals surface area contributed by atoms with Gasteiger partial charge in [0.25, 0.3) is 11.8 Å². The Bertz CT molecular complexity index is 1020. The second kappa shape index (κ2) is 4.70. The van der Waals surface area contributed by atoms with Gasteiger partial charge in [-0.1, -0.05) is 36.4 Å². The Hall–Kier alpha value is -3.14. The van der Waals surface area contributed by atoms with Gasteiger partial charge in [0.1, 0.15) is 0 Å². The van der Waals surface area contributed by atoms with Gasteiger partial charge < -0.3 is 0 Å². The van der Waals surface area contributed by atoms with Crippen LogP contribution in [0.3, 0.4) is 0 Å². The minimum absolute atomic E-state index is 0.293. The first-order valence-electron chi connectivity index (χ1n) is 6.86. The highest BCUT2D eigenvalue weighted by molar-refractivity contribution is 6.15. The minimum Gasteiger partial charge on any atom is -0.267 e. The van der Waals surface area contributed by atoms with Gasteiger partial charge in [-0.25, -0.2) is 9.98 Å². The van der Waals surface area contributed by atoms with Gasteiger partial charge in [-0.05, 0) is 24.3 Å². The maximum Gasteiger partial charge on any atom is 0.278 e. The van der Waals surface area contributed by atoms with E-state index < -0.39 is 11.8 Å². The molecule has 0 N–H and O–H groups in total. The number of hydrogen-bond donors (Lipinski definition) is 0. The molecule has 4 rings (SSSR count). The third-order valence-corrected chi connectivity index (χ3v) is 3.67. The number of hydrogen-bond acceptors (Lipinski definition) is 2. The zero-order chi connectivity index (χ0) is 15.1. The molecule has 2 aromatic rings. The molecule has 0 aromatic heterocycles. The molecule has 2 heterocycles. The molecule has 2 amide bonds. The SMILES string of the molecule is O=C1N=c2ccccc2=CC1=C1C=c2ccccc2=NC1=O. The second-order valence-electron chi connectivity index (χ2n) is 5.07. The number of amides is 2. The molecule has 0 atom stereocenters. The quantitative estimate of drug-likeness (QED) is 0.617. The van der Waals surface area contributed by atoms with Crippen LogP contribution in [0.15, 0.2) is 69.7 Å². The van der Waals surface area contributed by atoms with E-state index in [1.807, 2.05) is 36.4 Å². The summed E-state index contributed by atoms with van der Waals surface area (Å²) in [4.78, 5) is 32.6. The minimum atomic E-state index is -0.409. The van der Waals surface area contributed by atoms with E-state index in [0.29, 0.717) is 21.9 Å². The van der Waals surface area contributed by atoms with Crippen LogP contribution >= 0.6 is 0 Å². The zero-order valence-corrected chi connectivity index (χ0v) is 11.5. The summed E-state index contributed by atoms with van der Waals surface area (Å²) in [5.74, 6) is -0.819. The van der Waals surface area contributed by atoms with E-state index >= 15 is 0 Å². The molecular formula is C18H10N2O2. The lowest BCUT2D eigenvalue weighted by atomic mass is 10.0. The molecule has 2 aromatic carbocycles. The lowest BCUT2D eigenvalue weighted by Gasteiger charge is -2.09. The molecule has 104 valence electrons. The average molecular weight is 286 g/mol. The predicted molar refractivity (Wildman–Crippen MR) is 80.4 cm³/mol. The highest BCUT2D eigenvalue weighted by Crippen LogP contribution is 2.14. The first-order chi connectivity index (χ1) is 10.7. The largest absolute Gasteiger partial charge is 0.278 e. The normalized spacial score (nSPS) is 19.1. The summed E-state index contributed by atoms with van der Waals surface area (Å²) in [6, 6.07) is 14.7. The lowest BCUT2D eigenvalue weighted by Crippen LogP contribution is -2.33. The van der Waals surface area contributed by atoms with Crippen molar-refractivity contribution in [2.24, 2.45) is 9.98 Å². The van der Waals surface area contributed by atoms with Gasteiger partial charge in [-0.3, -0.25) is 9.59 Å². The van der Waals surface area contributed by atoms with E-state index in [1.165, 1.54) is 0 Å². The molecule has 0 spiro atoms. The number of benzene rings is 2. The van der Waals surface area contributed by atoms with Crippen LogP contribution in [0.25, 0.3) is 12.2 Å². The molecule has 4 heteroatoms. The van der Waals surface area contributed by atoms with Crippen LogP contribution in [0.1, 0.15) is 0 Å². The van der Waals surface area contributed by atoms with E-state index in [2.05, 4.69) is 9.98 Å². The highest BCUT2D eigenvalue weighted by atomic mass is 16.2. The van der Waals surface area contributed by atoms with Crippen molar-refractivity contribution in [1.82, 2.24) is 0 Å². The summed E-state index contributed by atoms with van der Waals surface area (Å²) in [6.07, 6.45) is 3.41. The Labute approximate surface area is 125 Å². The molecule has 0 radical (unpaired) electrons. The van der Waals surface area contributed by atoms with Gasteiger partial charge in [-0.2, -0.15) is 0 Å².